The molecular formula is C13H19NO2. The fraction of sp³-hybridized carbons (Fsp3) is 0.308. The number of aliphatic carboxylic acids is 1. The van der Waals surface area contributed by atoms with Crippen molar-refractivity contribution in [2.45, 2.75) is 13.5 Å². The molecule has 0 heterocycles. The Hall–Kier alpha value is -1.61. The van der Waals surface area contributed by atoms with Crippen LogP contribution in [0.5, 0.6) is 0 Å². The Labute approximate surface area is 97.0 Å². The smallest absolute Gasteiger partial charge is 0.300 e. The van der Waals surface area contributed by atoms with Gasteiger partial charge in [-0.25, -0.2) is 0 Å². The molecule has 0 aromatic heterocycles. The van der Waals surface area contributed by atoms with Crippen molar-refractivity contribution in [1.29, 1.82) is 0 Å². The SMILES string of the molecule is C=CCN(C)Cc1ccccc1.CC(=O)O. The molecule has 0 saturated carbocycles. The number of carboxylic acids is 1. The van der Waals surface area contributed by atoms with Crippen LogP contribution in [0.25, 0.3) is 0 Å². The van der Waals surface area contributed by atoms with Crippen LogP contribution in [0, 0.1) is 0 Å². The Morgan fingerprint density at radius 2 is 1.94 bits per heavy atom. The zero-order chi connectivity index (χ0) is 12.4. The number of carboxylic acid groups (broad SMARTS) is 1. The number of nitrogens with zero attached hydrogens (tertiary/aromatic N) is 1. The molecule has 0 unspecified atom stereocenters. The summed E-state index contributed by atoms with van der Waals surface area (Å²) in [6.45, 7) is 6.72. The molecule has 0 aliphatic carbocycles. The van der Waals surface area contributed by atoms with Crippen molar-refractivity contribution in [3.05, 3.63) is 48.6 Å². The molecule has 3 heteroatoms. The summed E-state index contributed by atoms with van der Waals surface area (Å²) in [5, 5.41) is 7.42. The van der Waals surface area contributed by atoms with Crippen molar-refractivity contribution < 1.29 is 9.90 Å². The summed E-state index contributed by atoms with van der Waals surface area (Å²) in [4.78, 5) is 11.2. The Morgan fingerprint density at radius 3 is 2.38 bits per heavy atom. The van der Waals surface area contributed by atoms with Gasteiger partial charge >= 0.3 is 0 Å². The number of likely N-dealkylation sites (N-methyl/N-ethyl adjacent to an activating group) is 1. The third-order valence-corrected chi connectivity index (χ3v) is 1.74. The van der Waals surface area contributed by atoms with Crippen LogP contribution in [0.4, 0.5) is 0 Å². The summed E-state index contributed by atoms with van der Waals surface area (Å²) < 4.78 is 0. The molecule has 0 radical (unpaired) electrons. The Morgan fingerprint density at radius 1 is 1.44 bits per heavy atom. The number of rotatable bonds is 4. The van der Waals surface area contributed by atoms with Gasteiger partial charge in [0.1, 0.15) is 0 Å². The maximum atomic E-state index is 9.00. The van der Waals surface area contributed by atoms with Gasteiger partial charge in [-0.1, -0.05) is 36.4 Å². The Balaban J connectivity index is 0.000000487. The first-order valence-corrected chi connectivity index (χ1v) is 5.09. The highest BCUT2D eigenvalue weighted by molar-refractivity contribution is 5.62. The minimum Gasteiger partial charge on any atom is -0.481 e. The zero-order valence-electron chi connectivity index (χ0n) is 9.89. The predicted molar refractivity (Wildman–Crippen MR) is 66.3 cm³/mol. The highest BCUT2D eigenvalue weighted by Gasteiger charge is 1.95. The van der Waals surface area contributed by atoms with E-state index in [-0.39, 0.29) is 0 Å². The molecule has 1 N–H and O–H groups in total. The van der Waals surface area contributed by atoms with E-state index in [2.05, 4.69) is 42.8 Å². The van der Waals surface area contributed by atoms with Gasteiger partial charge in [-0.3, -0.25) is 9.69 Å². The Bertz CT molecular complexity index is 305. The van der Waals surface area contributed by atoms with Gasteiger partial charge in [0.15, 0.2) is 0 Å². The summed E-state index contributed by atoms with van der Waals surface area (Å²) >= 11 is 0. The fourth-order valence-electron chi connectivity index (χ4n) is 1.18. The molecule has 0 aliphatic rings. The maximum Gasteiger partial charge on any atom is 0.300 e. The molecule has 88 valence electrons. The molecule has 0 fully saturated rings. The maximum absolute atomic E-state index is 9.00. The zero-order valence-corrected chi connectivity index (χ0v) is 9.89. The van der Waals surface area contributed by atoms with Crippen LogP contribution in [-0.4, -0.2) is 29.6 Å². The molecule has 0 bridgehead atoms. The van der Waals surface area contributed by atoms with Gasteiger partial charge in [-0.2, -0.15) is 0 Å². The van der Waals surface area contributed by atoms with E-state index in [1.807, 2.05) is 12.1 Å². The predicted octanol–water partition coefficient (Wildman–Crippen LogP) is 2.40. The monoisotopic (exact) mass is 221 g/mol. The van der Waals surface area contributed by atoms with Crippen LogP contribution in [-0.2, 0) is 11.3 Å². The molecule has 1 aromatic carbocycles. The number of benzene rings is 1. The third kappa shape index (κ3) is 8.97. The van der Waals surface area contributed by atoms with Gasteiger partial charge in [0.2, 0.25) is 0 Å². The molecule has 1 aromatic rings. The van der Waals surface area contributed by atoms with Crippen LogP contribution in [0.3, 0.4) is 0 Å². The second-order valence-corrected chi connectivity index (χ2v) is 3.49. The molecule has 16 heavy (non-hydrogen) atoms. The second-order valence-electron chi connectivity index (χ2n) is 3.49. The average Bonchev–Trinajstić information content (AvgIpc) is 2.18. The fourth-order valence-corrected chi connectivity index (χ4v) is 1.18. The topological polar surface area (TPSA) is 40.5 Å². The third-order valence-electron chi connectivity index (χ3n) is 1.74. The van der Waals surface area contributed by atoms with Gasteiger partial charge in [0.25, 0.3) is 5.97 Å². The van der Waals surface area contributed by atoms with E-state index >= 15 is 0 Å². The second kappa shape index (κ2) is 8.68. The molecular weight excluding hydrogens is 202 g/mol. The molecule has 0 aliphatic heterocycles. The van der Waals surface area contributed by atoms with E-state index < -0.39 is 5.97 Å². The summed E-state index contributed by atoms with van der Waals surface area (Å²) in [5.41, 5.74) is 1.35. The van der Waals surface area contributed by atoms with Crippen LogP contribution >= 0.6 is 0 Å². The minimum atomic E-state index is -0.833. The van der Waals surface area contributed by atoms with Gasteiger partial charge in [0.05, 0.1) is 0 Å². The first-order valence-electron chi connectivity index (χ1n) is 5.09. The van der Waals surface area contributed by atoms with Crippen molar-refractivity contribution in [2.24, 2.45) is 0 Å². The lowest BCUT2D eigenvalue weighted by Crippen LogP contribution is -2.17. The van der Waals surface area contributed by atoms with Gasteiger partial charge in [-0.05, 0) is 12.6 Å². The summed E-state index contributed by atoms with van der Waals surface area (Å²) in [5.74, 6) is -0.833. The largest absolute Gasteiger partial charge is 0.481 e. The lowest BCUT2D eigenvalue weighted by molar-refractivity contribution is -0.134. The van der Waals surface area contributed by atoms with E-state index in [0.29, 0.717) is 0 Å². The van der Waals surface area contributed by atoms with Crippen LogP contribution in [0.2, 0.25) is 0 Å². The van der Waals surface area contributed by atoms with E-state index in [9.17, 15) is 0 Å². The highest BCUT2D eigenvalue weighted by Crippen LogP contribution is 2.01. The van der Waals surface area contributed by atoms with Crippen molar-refractivity contribution >= 4 is 5.97 Å². The number of carbonyl (C=O) groups is 1. The molecule has 0 spiro atoms. The quantitative estimate of drug-likeness (QED) is 0.794. The van der Waals surface area contributed by atoms with E-state index in [0.717, 1.165) is 20.0 Å². The summed E-state index contributed by atoms with van der Waals surface area (Å²) in [6, 6.07) is 10.4. The van der Waals surface area contributed by atoms with Gasteiger partial charge in [0, 0.05) is 20.0 Å². The van der Waals surface area contributed by atoms with Gasteiger partial charge < -0.3 is 5.11 Å². The minimum absolute atomic E-state index is 0.833. The highest BCUT2D eigenvalue weighted by atomic mass is 16.4. The molecule has 0 saturated heterocycles. The molecule has 3 nitrogen and oxygen atoms in total. The van der Waals surface area contributed by atoms with Gasteiger partial charge in [-0.15, -0.1) is 6.58 Å². The Kier molecular flexibility index (Phi) is 7.81. The molecule has 1 rings (SSSR count). The van der Waals surface area contributed by atoms with Crippen molar-refractivity contribution in [1.82, 2.24) is 4.90 Å². The van der Waals surface area contributed by atoms with Crippen LogP contribution in [0.1, 0.15) is 12.5 Å². The normalized spacial score (nSPS) is 9.19. The molecule has 0 amide bonds. The lowest BCUT2D eigenvalue weighted by atomic mass is 10.2. The van der Waals surface area contributed by atoms with E-state index in [4.69, 9.17) is 9.90 Å². The van der Waals surface area contributed by atoms with Crippen molar-refractivity contribution in [2.75, 3.05) is 13.6 Å². The van der Waals surface area contributed by atoms with Crippen LogP contribution < -0.4 is 0 Å². The molecule has 0 atom stereocenters. The summed E-state index contributed by atoms with van der Waals surface area (Å²) in [7, 11) is 2.09. The van der Waals surface area contributed by atoms with Crippen molar-refractivity contribution in [3.63, 3.8) is 0 Å². The van der Waals surface area contributed by atoms with E-state index in [1.54, 1.807) is 0 Å². The first-order chi connectivity index (χ1) is 7.56. The number of hydrogen-bond donors (Lipinski definition) is 1. The van der Waals surface area contributed by atoms with E-state index in [1.165, 1.54) is 5.56 Å². The summed E-state index contributed by atoms with van der Waals surface area (Å²) in [6.07, 6.45) is 1.92. The van der Waals surface area contributed by atoms with Crippen LogP contribution in [0.15, 0.2) is 43.0 Å². The lowest BCUT2D eigenvalue weighted by Gasteiger charge is -2.13. The average molecular weight is 221 g/mol. The van der Waals surface area contributed by atoms with Crippen molar-refractivity contribution in [3.8, 4) is 0 Å². The standard InChI is InChI=1S/C11H15N.C2H4O2/c1-3-9-12(2)10-11-7-5-4-6-8-11;1-2(3)4/h3-8H,1,9-10H2,2H3;1H3,(H,3,4). The first kappa shape index (κ1) is 14.4. The number of hydrogen-bond acceptors (Lipinski definition) is 2.